The first kappa shape index (κ1) is 20.7. The SMILES string of the molecule is CN=C(NCCCCCC(=O)OC)NCc1ccc(N2CCCC2=O)cc1. The summed E-state index contributed by atoms with van der Waals surface area (Å²) in [5.41, 5.74) is 2.10. The van der Waals surface area contributed by atoms with Crippen molar-refractivity contribution >= 4 is 23.5 Å². The summed E-state index contributed by atoms with van der Waals surface area (Å²) in [5.74, 6) is 0.805. The van der Waals surface area contributed by atoms with E-state index in [-0.39, 0.29) is 11.9 Å². The van der Waals surface area contributed by atoms with Crippen LogP contribution in [0.5, 0.6) is 0 Å². The van der Waals surface area contributed by atoms with Crippen molar-refractivity contribution in [2.24, 2.45) is 4.99 Å². The van der Waals surface area contributed by atoms with Gasteiger partial charge in [0.15, 0.2) is 5.96 Å². The Morgan fingerprint density at radius 1 is 1.19 bits per heavy atom. The number of aliphatic imine (C=N–C) groups is 1. The number of carbonyl (C=O) groups is 2. The maximum Gasteiger partial charge on any atom is 0.305 e. The highest BCUT2D eigenvalue weighted by Crippen LogP contribution is 2.21. The molecule has 1 saturated heterocycles. The lowest BCUT2D eigenvalue weighted by Gasteiger charge is -2.16. The summed E-state index contributed by atoms with van der Waals surface area (Å²) in [7, 11) is 3.16. The molecule has 1 aliphatic rings. The van der Waals surface area contributed by atoms with E-state index in [1.54, 1.807) is 7.05 Å². The number of rotatable bonds is 9. The molecule has 0 spiro atoms. The topological polar surface area (TPSA) is 83.0 Å². The van der Waals surface area contributed by atoms with Gasteiger partial charge in [-0.05, 0) is 37.0 Å². The van der Waals surface area contributed by atoms with Crippen molar-refractivity contribution in [2.75, 3.05) is 32.1 Å². The number of guanidine groups is 1. The van der Waals surface area contributed by atoms with E-state index in [1.165, 1.54) is 7.11 Å². The molecule has 2 N–H and O–H groups in total. The van der Waals surface area contributed by atoms with Gasteiger partial charge in [0.2, 0.25) is 5.91 Å². The highest BCUT2D eigenvalue weighted by molar-refractivity contribution is 5.95. The molecule has 0 bridgehead atoms. The van der Waals surface area contributed by atoms with Crippen molar-refractivity contribution < 1.29 is 14.3 Å². The lowest BCUT2D eigenvalue weighted by atomic mass is 10.2. The number of unbranched alkanes of at least 4 members (excludes halogenated alkanes) is 2. The highest BCUT2D eigenvalue weighted by Gasteiger charge is 2.21. The van der Waals surface area contributed by atoms with Crippen LogP contribution < -0.4 is 15.5 Å². The molecule has 1 aromatic rings. The predicted octanol–water partition coefficient (Wildman–Crippen LogP) is 2.21. The number of anilines is 1. The van der Waals surface area contributed by atoms with Crippen molar-refractivity contribution in [3.8, 4) is 0 Å². The minimum absolute atomic E-state index is 0.152. The lowest BCUT2D eigenvalue weighted by molar-refractivity contribution is -0.140. The molecule has 7 heteroatoms. The Kier molecular flexibility index (Phi) is 8.61. The average molecular weight is 374 g/mol. The maximum absolute atomic E-state index is 11.8. The molecular weight excluding hydrogens is 344 g/mol. The van der Waals surface area contributed by atoms with Crippen LogP contribution in [0.2, 0.25) is 0 Å². The molecule has 0 radical (unpaired) electrons. The van der Waals surface area contributed by atoms with Gasteiger partial charge < -0.3 is 20.3 Å². The van der Waals surface area contributed by atoms with Gasteiger partial charge in [-0.15, -0.1) is 0 Å². The molecule has 0 unspecified atom stereocenters. The van der Waals surface area contributed by atoms with Crippen LogP contribution in [0.3, 0.4) is 0 Å². The summed E-state index contributed by atoms with van der Waals surface area (Å²) in [5, 5.41) is 6.56. The lowest BCUT2D eigenvalue weighted by Crippen LogP contribution is -2.37. The highest BCUT2D eigenvalue weighted by atomic mass is 16.5. The minimum Gasteiger partial charge on any atom is -0.469 e. The molecule has 27 heavy (non-hydrogen) atoms. The van der Waals surface area contributed by atoms with Crippen LogP contribution >= 0.6 is 0 Å². The first-order chi connectivity index (χ1) is 13.1. The molecule has 148 valence electrons. The molecule has 1 aromatic carbocycles. The quantitative estimate of drug-likeness (QED) is 0.300. The van der Waals surface area contributed by atoms with E-state index in [0.29, 0.717) is 19.4 Å². The molecule has 2 rings (SSSR count). The molecule has 7 nitrogen and oxygen atoms in total. The first-order valence-corrected chi connectivity index (χ1v) is 9.54. The number of amides is 1. The van der Waals surface area contributed by atoms with Crippen LogP contribution in [-0.2, 0) is 20.9 Å². The number of methoxy groups -OCH3 is 1. The van der Waals surface area contributed by atoms with Gasteiger partial charge in [0, 0.05) is 45.2 Å². The van der Waals surface area contributed by atoms with Gasteiger partial charge in [0.05, 0.1) is 7.11 Å². The number of carbonyl (C=O) groups excluding carboxylic acids is 2. The van der Waals surface area contributed by atoms with Crippen LogP contribution in [0.25, 0.3) is 0 Å². The summed E-state index contributed by atoms with van der Waals surface area (Å²) in [4.78, 5) is 28.9. The fraction of sp³-hybridized carbons (Fsp3) is 0.550. The second kappa shape index (κ2) is 11.2. The zero-order valence-corrected chi connectivity index (χ0v) is 16.3. The Balaban J connectivity index is 1.66. The largest absolute Gasteiger partial charge is 0.469 e. The van der Waals surface area contributed by atoms with Crippen molar-refractivity contribution in [1.82, 2.24) is 10.6 Å². The summed E-state index contributed by atoms with van der Waals surface area (Å²) in [6, 6.07) is 8.07. The third-order valence-corrected chi connectivity index (χ3v) is 4.58. The number of hydrogen-bond acceptors (Lipinski definition) is 4. The van der Waals surface area contributed by atoms with Gasteiger partial charge in [-0.3, -0.25) is 14.6 Å². The molecule has 0 aromatic heterocycles. The van der Waals surface area contributed by atoms with Crippen LogP contribution in [-0.4, -0.2) is 45.1 Å². The Morgan fingerprint density at radius 2 is 1.96 bits per heavy atom. The standard InChI is InChI=1S/C20H30N4O3/c1-21-20(22-13-5-3-4-8-19(26)27-2)23-15-16-9-11-17(12-10-16)24-14-6-7-18(24)25/h9-12H,3-8,13-15H2,1-2H3,(H2,21,22,23). The molecule has 0 atom stereocenters. The van der Waals surface area contributed by atoms with E-state index in [4.69, 9.17) is 0 Å². The van der Waals surface area contributed by atoms with Crippen LogP contribution in [0.15, 0.2) is 29.3 Å². The fourth-order valence-electron chi connectivity index (χ4n) is 3.00. The van der Waals surface area contributed by atoms with Gasteiger partial charge in [0.25, 0.3) is 0 Å². The fourth-order valence-corrected chi connectivity index (χ4v) is 3.00. The third kappa shape index (κ3) is 6.92. The minimum atomic E-state index is -0.152. The van der Waals surface area contributed by atoms with E-state index in [9.17, 15) is 9.59 Å². The summed E-state index contributed by atoms with van der Waals surface area (Å²) >= 11 is 0. The zero-order valence-electron chi connectivity index (χ0n) is 16.3. The van der Waals surface area contributed by atoms with E-state index < -0.39 is 0 Å². The number of benzene rings is 1. The molecule has 1 fully saturated rings. The molecule has 0 aliphatic carbocycles. The Labute approximate surface area is 161 Å². The second-order valence-electron chi connectivity index (χ2n) is 6.55. The molecule has 1 heterocycles. The Bertz CT molecular complexity index is 643. The number of ether oxygens (including phenoxy) is 1. The monoisotopic (exact) mass is 374 g/mol. The normalized spacial score (nSPS) is 14.4. The van der Waals surface area contributed by atoms with Crippen LogP contribution in [0.1, 0.15) is 44.1 Å². The van der Waals surface area contributed by atoms with E-state index in [2.05, 4.69) is 20.4 Å². The number of esters is 1. The van der Waals surface area contributed by atoms with Crippen molar-refractivity contribution in [3.63, 3.8) is 0 Å². The van der Waals surface area contributed by atoms with Gasteiger partial charge >= 0.3 is 5.97 Å². The van der Waals surface area contributed by atoms with E-state index >= 15 is 0 Å². The summed E-state index contributed by atoms with van der Waals surface area (Å²) in [6.45, 7) is 2.28. The Hall–Kier alpha value is -2.57. The van der Waals surface area contributed by atoms with Crippen molar-refractivity contribution in [3.05, 3.63) is 29.8 Å². The van der Waals surface area contributed by atoms with E-state index in [1.807, 2.05) is 29.2 Å². The third-order valence-electron chi connectivity index (χ3n) is 4.58. The molecule has 1 amide bonds. The average Bonchev–Trinajstić information content (AvgIpc) is 3.12. The van der Waals surface area contributed by atoms with Crippen LogP contribution in [0, 0.1) is 0 Å². The van der Waals surface area contributed by atoms with Gasteiger partial charge in [-0.2, -0.15) is 0 Å². The number of hydrogen-bond donors (Lipinski definition) is 2. The smallest absolute Gasteiger partial charge is 0.305 e. The van der Waals surface area contributed by atoms with Crippen molar-refractivity contribution in [1.29, 1.82) is 0 Å². The maximum atomic E-state index is 11.8. The van der Waals surface area contributed by atoms with Gasteiger partial charge in [-0.1, -0.05) is 18.6 Å². The summed E-state index contributed by atoms with van der Waals surface area (Å²) in [6.07, 6.45) is 4.83. The van der Waals surface area contributed by atoms with Gasteiger partial charge in [0.1, 0.15) is 0 Å². The number of nitrogens with zero attached hydrogens (tertiary/aromatic N) is 2. The second-order valence-corrected chi connectivity index (χ2v) is 6.55. The number of nitrogens with one attached hydrogen (secondary N) is 2. The first-order valence-electron chi connectivity index (χ1n) is 9.54. The Morgan fingerprint density at radius 3 is 2.59 bits per heavy atom. The predicted molar refractivity (Wildman–Crippen MR) is 107 cm³/mol. The molecule has 0 saturated carbocycles. The molecule has 1 aliphatic heterocycles. The molecular formula is C20H30N4O3. The summed E-state index contributed by atoms with van der Waals surface area (Å²) < 4.78 is 4.62. The van der Waals surface area contributed by atoms with E-state index in [0.717, 1.165) is 56.0 Å². The van der Waals surface area contributed by atoms with Crippen LogP contribution in [0.4, 0.5) is 5.69 Å². The zero-order chi connectivity index (χ0) is 19.5. The van der Waals surface area contributed by atoms with Gasteiger partial charge in [-0.25, -0.2) is 0 Å². The van der Waals surface area contributed by atoms with Crippen molar-refractivity contribution in [2.45, 2.75) is 45.1 Å².